The van der Waals surface area contributed by atoms with Crippen molar-refractivity contribution in [2.45, 2.75) is 20.4 Å². The molecule has 1 N–H and O–H groups in total. The van der Waals surface area contributed by atoms with Crippen LogP contribution in [0, 0.1) is 12.7 Å². The number of halogens is 3. The summed E-state index contributed by atoms with van der Waals surface area (Å²) >= 11 is 11.9. The third-order valence-electron chi connectivity index (χ3n) is 4.46. The maximum Gasteiger partial charge on any atom is 0.341 e. The molecule has 0 atom stereocenters. The van der Waals surface area contributed by atoms with Gasteiger partial charge in [-0.25, -0.2) is 14.2 Å². The van der Waals surface area contributed by atoms with Crippen LogP contribution in [0.1, 0.15) is 23.0 Å². The van der Waals surface area contributed by atoms with Crippen LogP contribution in [0.4, 0.5) is 4.39 Å². The molecule has 1 aromatic carbocycles. The monoisotopic (exact) mass is 420 g/mol. The number of aromatic nitrogens is 2. The van der Waals surface area contributed by atoms with E-state index in [2.05, 4.69) is 4.98 Å². The van der Waals surface area contributed by atoms with E-state index in [1.807, 2.05) is 6.92 Å². The van der Waals surface area contributed by atoms with Crippen LogP contribution in [-0.4, -0.2) is 20.6 Å². The lowest BCUT2D eigenvalue weighted by Gasteiger charge is -2.21. The van der Waals surface area contributed by atoms with Gasteiger partial charge in [0, 0.05) is 29.6 Å². The van der Waals surface area contributed by atoms with Crippen molar-refractivity contribution in [1.29, 1.82) is 0 Å². The first-order valence-electron chi connectivity index (χ1n) is 8.34. The van der Waals surface area contributed by atoms with Crippen molar-refractivity contribution >= 4 is 29.2 Å². The van der Waals surface area contributed by atoms with Gasteiger partial charge in [-0.3, -0.25) is 4.79 Å². The first-order chi connectivity index (χ1) is 13.3. The van der Waals surface area contributed by atoms with E-state index >= 15 is 0 Å². The van der Waals surface area contributed by atoms with E-state index in [1.165, 1.54) is 36.5 Å². The van der Waals surface area contributed by atoms with Crippen LogP contribution in [0.2, 0.25) is 10.2 Å². The molecule has 3 aromatic rings. The Balaban J connectivity index is 2.44. The smallest absolute Gasteiger partial charge is 0.341 e. The van der Waals surface area contributed by atoms with Gasteiger partial charge in [0.1, 0.15) is 16.5 Å². The van der Waals surface area contributed by atoms with Crippen LogP contribution in [0.5, 0.6) is 0 Å². The summed E-state index contributed by atoms with van der Waals surface area (Å²) in [5.74, 6) is -1.83. The molecule has 2 aromatic heterocycles. The highest BCUT2D eigenvalue weighted by Crippen LogP contribution is 2.31. The lowest BCUT2D eigenvalue weighted by molar-refractivity contribution is 0.0695. The summed E-state index contributed by atoms with van der Waals surface area (Å²) in [7, 11) is 0. The maximum atomic E-state index is 13.3. The Hall–Kier alpha value is -2.70. The van der Waals surface area contributed by atoms with Gasteiger partial charge in [0.05, 0.1) is 10.7 Å². The number of rotatable bonds is 4. The van der Waals surface area contributed by atoms with Crippen LogP contribution in [0.3, 0.4) is 0 Å². The predicted octanol–water partition coefficient (Wildman–Crippen LogP) is 5.05. The first-order valence-corrected chi connectivity index (χ1v) is 9.09. The summed E-state index contributed by atoms with van der Waals surface area (Å²) in [5, 5.41) is 10.0. The lowest BCUT2D eigenvalue weighted by Crippen LogP contribution is -2.25. The number of carbonyl (C=O) groups is 1. The molecule has 0 fully saturated rings. The van der Waals surface area contributed by atoms with E-state index in [0.717, 1.165) is 0 Å². The molecule has 0 saturated carbocycles. The van der Waals surface area contributed by atoms with Gasteiger partial charge in [-0.2, -0.15) is 0 Å². The van der Waals surface area contributed by atoms with Crippen molar-refractivity contribution in [3.8, 4) is 22.4 Å². The number of benzene rings is 1. The fourth-order valence-electron chi connectivity index (χ4n) is 3.24. The Labute approximate surface area is 170 Å². The Kier molecular flexibility index (Phi) is 5.54. The highest BCUT2D eigenvalue weighted by molar-refractivity contribution is 6.41. The van der Waals surface area contributed by atoms with E-state index in [1.54, 1.807) is 11.5 Å². The van der Waals surface area contributed by atoms with E-state index in [-0.39, 0.29) is 21.4 Å². The molecule has 0 radical (unpaired) electrons. The van der Waals surface area contributed by atoms with Crippen molar-refractivity contribution in [2.24, 2.45) is 0 Å². The number of carboxylic acids is 1. The van der Waals surface area contributed by atoms with Crippen molar-refractivity contribution in [1.82, 2.24) is 9.55 Å². The summed E-state index contributed by atoms with van der Waals surface area (Å²) in [5.41, 5.74) is 0.664. The Morgan fingerprint density at radius 1 is 1.21 bits per heavy atom. The third-order valence-corrected chi connectivity index (χ3v) is 5.15. The second kappa shape index (κ2) is 7.73. The Bertz CT molecular complexity index is 1140. The minimum absolute atomic E-state index is 0.0762. The zero-order valence-electron chi connectivity index (χ0n) is 15.0. The number of hydrogen-bond acceptors (Lipinski definition) is 3. The molecule has 3 rings (SSSR count). The molecule has 0 aliphatic rings. The van der Waals surface area contributed by atoms with Gasteiger partial charge in [-0.1, -0.05) is 35.3 Å². The van der Waals surface area contributed by atoms with Crippen molar-refractivity contribution < 1.29 is 14.3 Å². The van der Waals surface area contributed by atoms with E-state index in [9.17, 15) is 19.1 Å². The van der Waals surface area contributed by atoms with Gasteiger partial charge < -0.3 is 9.67 Å². The molecule has 8 heteroatoms. The Morgan fingerprint density at radius 3 is 2.39 bits per heavy atom. The highest BCUT2D eigenvalue weighted by atomic mass is 35.5. The van der Waals surface area contributed by atoms with Gasteiger partial charge >= 0.3 is 5.97 Å². The Morgan fingerprint density at radius 2 is 1.86 bits per heavy atom. The SMILES string of the molecule is CCn1c(C)c(-c2ccc(F)cc2)c(=O)c(C(=O)O)c1-c1cnc(Cl)c(Cl)c1. The summed E-state index contributed by atoms with van der Waals surface area (Å²) in [4.78, 5) is 29.2. The molecule has 5 nitrogen and oxygen atoms in total. The van der Waals surface area contributed by atoms with Crippen LogP contribution in [-0.2, 0) is 6.54 Å². The molecule has 0 unspecified atom stereocenters. The largest absolute Gasteiger partial charge is 0.477 e. The standard InChI is InChI=1S/C20H15Cl2FN2O3/c1-3-25-10(2)15(11-4-6-13(23)7-5-11)18(26)16(20(27)28)17(25)12-8-14(21)19(22)24-9-12/h4-9H,3H2,1-2H3,(H,27,28). The predicted molar refractivity (Wildman–Crippen MR) is 107 cm³/mol. The molecular formula is C20H15Cl2FN2O3. The third kappa shape index (κ3) is 3.41. The molecule has 0 saturated heterocycles. The topological polar surface area (TPSA) is 72.2 Å². The summed E-state index contributed by atoms with van der Waals surface area (Å²) in [6, 6.07) is 6.82. The minimum Gasteiger partial charge on any atom is -0.477 e. The van der Waals surface area contributed by atoms with Gasteiger partial charge in [0.15, 0.2) is 0 Å². The molecular weight excluding hydrogens is 406 g/mol. The summed E-state index contributed by atoms with van der Waals surface area (Å²) < 4.78 is 15.0. The average molecular weight is 421 g/mol. The molecule has 0 spiro atoms. The fourth-order valence-corrected chi connectivity index (χ4v) is 3.51. The van der Waals surface area contributed by atoms with Gasteiger partial charge in [-0.15, -0.1) is 0 Å². The number of aromatic carboxylic acids is 1. The second-order valence-electron chi connectivity index (χ2n) is 6.07. The second-order valence-corrected chi connectivity index (χ2v) is 6.83. The number of hydrogen-bond donors (Lipinski definition) is 1. The van der Waals surface area contributed by atoms with Crippen LogP contribution in [0.15, 0.2) is 41.3 Å². The molecule has 0 aliphatic carbocycles. The van der Waals surface area contributed by atoms with E-state index in [0.29, 0.717) is 23.4 Å². The van der Waals surface area contributed by atoms with Crippen LogP contribution >= 0.6 is 23.2 Å². The molecule has 0 amide bonds. The van der Waals surface area contributed by atoms with Gasteiger partial charge in [0.2, 0.25) is 5.43 Å². The molecule has 144 valence electrons. The highest BCUT2D eigenvalue weighted by Gasteiger charge is 2.26. The normalized spacial score (nSPS) is 10.9. The zero-order chi connectivity index (χ0) is 20.6. The van der Waals surface area contributed by atoms with Gasteiger partial charge in [0.25, 0.3) is 0 Å². The van der Waals surface area contributed by atoms with Crippen LogP contribution in [0.25, 0.3) is 22.4 Å². The lowest BCUT2D eigenvalue weighted by atomic mass is 9.96. The van der Waals surface area contributed by atoms with E-state index < -0.39 is 22.8 Å². The van der Waals surface area contributed by atoms with Crippen molar-refractivity contribution in [3.63, 3.8) is 0 Å². The minimum atomic E-state index is -1.38. The summed E-state index contributed by atoms with van der Waals surface area (Å²) in [6.07, 6.45) is 1.37. The number of nitrogens with zero attached hydrogens (tertiary/aromatic N) is 2. The van der Waals surface area contributed by atoms with Crippen molar-refractivity contribution in [2.75, 3.05) is 0 Å². The van der Waals surface area contributed by atoms with Crippen molar-refractivity contribution in [3.05, 3.63) is 74.0 Å². The first kappa shape index (κ1) is 20.0. The molecule has 0 aliphatic heterocycles. The van der Waals surface area contributed by atoms with Crippen LogP contribution < -0.4 is 5.43 Å². The summed E-state index contributed by atoms with van der Waals surface area (Å²) in [6.45, 7) is 3.92. The quantitative estimate of drug-likeness (QED) is 0.599. The fraction of sp³-hybridized carbons (Fsp3) is 0.150. The van der Waals surface area contributed by atoms with Gasteiger partial charge in [-0.05, 0) is 37.6 Å². The average Bonchev–Trinajstić information content (AvgIpc) is 2.64. The number of carboxylic acid groups (broad SMARTS) is 1. The molecule has 28 heavy (non-hydrogen) atoms. The maximum absolute atomic E-state index is 13.3. The molecule has 2 heterocycles. The van der Waals surface area contributed by atoms with E-state index in [4.69, 9.17) is 23.2 Å². The zero-order valence-corrected chi connectivity index (χ0v) is 16.5. The number of pyridine rings is 2. The molecule has 0 bridgehead atoms.